The number of hydrogen-bond acceptors (Lipinski definition) is 2. The lowest BCUT2D eigenvalue weighted by Gasteiger charge is -2.08. The fourth-order valence-corrected chi connectivity index (χ4v) is 1.87. The van der Waals surface area contributed by atoms with Gasteiger partial charge in [0.2, 0.25) is 0 Å². The van der Waals surface area contributed by atoms with Gasteiger partial charge in [0.05, 0.1) is 12.2 Å². The van der Waals surface area contributed by atoms with Crippen molar-refractivity contribution >= 4 is 5.97 Å². The summed E-state index contributed by atoms with van der Waals surface area (Å²) in [5.41, 5.74) is 1.91. The van der Waals surface area contributed by atoms with Crippen LogP contribution in [0, 0.1) is 0 Å². The maximum atomic E-state index is 11.2. The van der Waals surface area contributed by atoms with Crippen molar-refractivity contribution in [3.05, 3.63) is 54.1 Å². The van der Waals surface area contributed by atoms with Crippen LogP contribution in [0.25, 0.3) is 11.1 Å². The minimum atomic E-state index is -0.915. The first-order valence-corrected chi connectivity index (χ1v) is 6.28. The van der Waals surface area contributed by atoms with E-state index in [1.807, 2.05) is 36.4 Å². The molecule has 0 bridgehead atoms. The van der Waals surface area contributed by atoms with E-state index in [-0.39, 0.29) is 0 Å². The van der Waals surface area contributed by atoms with E-state index >= 15 is 0 Å². The highest BCUT2D eigenvalue weighted by Crippen LogP contribution is 2.25. The Morgan fingerprint density at radius 1 is 1.11 bits per heavy atom. The van der Waals surface area contributed by atoms with Crippen LogP contribution in [-0.2, 0) is 0 Å². The molecule has 0 fully saturated rings. The Morgan fingerprint density at radius 3 is 2.42 bits per heavy atom. The molecule has 2 rings (SSSR count). The van der Waals surface area contributed by atoms with Gasteiger partial charge in [0.15, 0.2) is 0 Å². The van der Waals surface area contributed by atoms with Crippen LogP contribution in [0.15, 0.2) is 48.5 Å². The third kappa shape index (κ3) is 3.13. The normalized spacial score (nSPS) is 10.2. The topological polar surface area (TPSA) is 46.5 Å². The van der Waals surface area contributed by atoms with E-state index in [4.69, 9.17) is 4.74 Å². The largest absolute Gasteiger partial charge is 0.494 e. The molecule has 0 radical (unpaired) electrons. The van der Waals surface area contributed by atoms with Crippen molar-refractivity contribution in [2.24, 2.45) is 0 Å². The second kappa shape index (κ2) is 6.05. The zero-order valence-corrected chi connectivity index (χ0v) is 10.8. The Bertz CT molecular complexity index is 558. The van der Waals surface area contributed by atoms with Crippen LogP contribution in [0.3, 0.4) is 0 Å². The van der Waals surface area contributed by atoms with Gasteiger partial charge in [-0.3, -0.25) is 0 Å². The summed E-state index contributed by atoms with van der Waals surface area (Å²) in [5.74, 6) is -0.111. The van der Waals surface area contributed by atoms with E-state index in [0.29, 0.717) is 12.2 Å². The Morgan fingerprint density at radius 2 is 1.79 bits per heavy atom. The van der Waals surface area contributed by atoms with Crippen LogP contribution in [0.5, 0.6) is 5.75 Å². The molecule has 0 aliphatic carbocycles. The average Bonchev–Trinajstić information content (AvgIpc) is 2.45. The van der Waals surface area contributed by atoms with Crippen molar-refractivity contribution in [3.63, 3.8) is 0 Å². The van der Waals surface area contributed by atoms with Crippen LogP contribution in [-0.4, -0.2) is 17.7 Å². The monoisotopic (exact) mass is 256 g/mol. The molecular weight excluding hydrogens is 240 g/mol. The molecule has 19 heavy (non-hydrogen) atoms. The van der Waals surface area contributed by atoms with Gasteiger partial charge in [-0.05, 0) is 35.7 Å². The summed E-state index contributed by atoms with van der Waals surface area (Å²) in [4.78, 5) is 11.2. The van der Waals surface area contributed by atoms with Gasteiger partial charge in [-0.25, -0.2) is 4.79 Å². The molecule has 0 unspecified atom stereocenters. The zero-order chi connectivity index (χ0) is 13.7. The van der Waals surface area contributed by atoms with E-state index < -0.39 is 5.97 Å². The van der Waals surface area contributed by atoms with Gasteiger partial charge in [-0.2, -0.15) is 0 Å². The second-order valence-corrected chi connectivity index (χ2v) is 4.22. The maximum absolute atomic E-state index is 11.2. The molecule has 3 nitrogen and oxygen atoms in total. The van der Waals surface area contributed by atoms with Crippen LogP contribution >= 0.6 is 0 Å². The van der Waals surface area contributed by atoms with Gasteiger partial charge < -0.3 is 9.84 Å². The Balaban J connectivity index is 2.30. The summed E-state index contributed by atoms with van der Waals surface area (Å²) in [6.45, 7) is 2.74. The standard InChI is InChI=1S/C16H16O3/c1-2-11-19-13-9-7-12(8-10-13)14-5-3-4-6-15(14)16(17)18/h3-10H,2,11H2,1H3,(H,17,18). The van der Waals surface area contributed by atoms with Crippen LogP contribution < -0.4 is 4.74 Å². The van der Waals surface area contributed by atoms with Crippen molar-refractivity contribution in [2.45, 2.75) is 13.3 Å². The second-order valence-electron chi connectivity index (χ2n) is 4.22. The molecule has 2 aromatic rings. The lowest BCUT2D eigenvalue weighted by atomic mass is 10.00. The van der Waals surface area contributed by atoms with Crippen molar-refractivity contribution in [1.29, 1.82) is 0 Å². The highest BCUT2D eigenvalue weighted by Gasteiger charge is 2.10. The number of rotatable bonds is 5. The predicted octanol–water partition coefficient (Wildman–Crippen LogP) is 3.84. The summed E-state index contributed by atoms with van der Waals surface area (Å²) in [6, 6.07) is 14.5. The van der Waals surface area contributed by atoms with Gasteiger partial charge >= 0.3 is 5.97 Å². The van der Waals surface area contributed by atoms with Gasteiger partial charge in [0.1, 0.15) is 5.75 Å². The van der Waals surface area contributed by atoms with E-state index in [1.54, 1.807) is 12.1 Å². The number of ether oxygens (including phenoxy) is 1. The number of aromatic carboxylic acids is 1. The summed E-state index contributed by atoms with van der Waals surface area (Å²) in [7, 11) is 0. The molecular formula is C16H16O3. The van der Waals surface area contributed by atoms with Gasteiger partial charge in [-0.15, -0.1) is 0 Å². The van der Waals surface area contributed by atoms with E-state index in [0.717, 1.165) is 23.3 Å². The minimum Gasteiger partial charge on any atom is -0.494 e. The Hall–Kier alpha value is -2.29. The van der Waals surface area contributed by atoms with Gasteiger partial charge in [-0.1, -0.05) is 37.3 Å². The lowest BCUT2D eigenvalue weighted by molar-refractivity contribution is 0.0697. The minimum absolute atomic E-state index is 0.310. The van der Waals surface area contributed by atoms with Crippen molar-refractivity contribution in [2.75, 3.05) is 6.61 Å². The highest BCUT2D eigenvalue weighted by molar-refractivity contribution is 5.96. The van der Waals surface area contributed by atoms with Crippen LogP contribution in [0.4, 0.5) is 0 Å². The van der Waals surface area contributed by atoms with Crippen molar-refractivity contribution in [3.8, 4) is 16.9 Å². The fraction of sp³-hybridized carbons (Fsp3) is 0.188. The maximum Gasteiger partial charge on any atom is 0.336 e. The molecule has 1 N–H and O–H groups in total. The SMILES string of the molecule is CCCOc1ccc(-c2ccccc2C(=O)O)cc1. The fourth-order valence-electron chi connectivity index (χ4n) is 1.87. The number of carbonyl (C=O) groups is 1. The summed E-state index contributed by atoms with van der Waals surface area (Å²) < 4.78 is 5.51. The molecule has 0 atom stereocenters. The van der Waals surface area contributed by atoms with Crippen molar-refractivity contribution < 1.29 is 14.6 Å². The molecule has 0 aliphatic heterocycles. The van der Waals surface area contributed by atoms with E-state index in [9.17, 15) is 9.90 Å². The summed E-state index contributed by atoms with van der Waals surface area (Å²) in [5, 5.41) is 9.17. The third-order valence-corrected chi connectivity index (χ3v) is 2.80. The van der Waals surface area contributed by atoms with Gasteiger partial charge in [0, 0.05) is 0 Å². The number of carboxylic acids is 1. The zero-order valence-electron chi connectivity index (χ0n) is 10.8. The highest BCUT2D eigenvalue weighted by atomic mass is 16.5. The third-order valence-electron chi connectivity index (χ3n) is 2.80. The Kier molecular flexibility index (Phi) is 4.18. The van der Waals surface area contributed by atoms with E-state index in [1.165, 1.54) is 0 Å². The molecule has 3 heteroatoms. The molecule has 2 aromatic carbocycles. The molecule has 0 aliphatic rings. The first-order chi connectivity index (χ1) is 9.22. The Labute approximate surface area is 112 Å². The first-order valence-electron chi connectivity index (χ1n) is 6.28. The smallest absolute Gasteiger partial charge is 0.336 e. The molecule has 0 heterocycles. The van der Waals surface area contributed by atoms with E-state index in [2.05, 4.69) is 6.92 Å². The summed E-state index contributed by atoms with van der Waals surface area (Å²) >= 11 is 0. The predicted molar refractivity (Wildman–Crippen MR) is 74.6 cm³/mol. The van der Waals surface area contributed by atoms with Crippen molar-refractivity contribution in [1.82, 2.24) is 0 Å². The molecule has 98 valence electrons. The molecule has 0 aromatic heterocycles. The molecule has 0 spiro atoms. The summed E-state index contributed by atoms with van der Waals surface area (Å²) in [6.07, 6.45) is 0.962. The van der Waals surface area contributed by atoms with Gasteiger partial charge in [0.25, 0.3) is 0 Å². The molecule has 0 amide bonds. The number of carboxylic acid groups (broad SMARTS) is 1. The van der Waals surface area contributed by atoms with Crippen LogP contribution in [0.1, 0.15) is 23.7 Å². The molecule has 0 saturated heterocycles. The quantitative estimate of drug-likeness (QED) is 0.884. The first kappa shape index (κ1) is 13.1. The molecule has 0 saturated carbocycles. The average molecular weight is 256 g/mol. The van der Waals surface area contributed by atoms with Crippen LogP contribution in [0.2, 0.25) is 0 Å². The number of benzene rings is 2. The number of hydrogen-bond donors (Lipinski definition) is 1. The lowest BCUT2D eigenvalue weighted by Crippen LogP contribution is -1.99.